The maximum absolute atomic E-state index is 13.1. The number of fused-ring (bicyclic) bond motifs is 1. The fourth-order valence-corrected chi connectivity index (χ4v) is 4.23. The van der Waals surface area contributed by atoms with Gasteiger partial charge < -0.3 is 10.1 Å². The lowest BCUT2D eigenvalue weighted by Crippen LogP contribution is -2.40. The molecule has 1 N–H and O–H groups in total. The minimum Gasteiger partial charge on any atom is -0.455 e. The van der Waals surface area contributed by atoms with Gasteiger partial charge in [-0.15, -0.1) is 11.3 Å². The molecule has 0 saturated carbocycles. The van der Waals surface area contributed by atoms with Crippen LogP contribution in [-0.4, -0.2) is 29.5 Å². The number of carbonyl (C=O) groups is 2. The van der Waals surface area contributed by atoms with Gasteiger partial charge in [-0.3, -0.25) is 9.59 Å². The van der Waals surface area contributed by atoms with Crippen LogP contribution < -0.4 is 5.32 Å². The summed E-state index contributed by atoms with van der Waals surface area (Å²) >= 11 is 1.57. The Morgan fingerprint density at radius 1 is 1.14 bits per heavy atom. The molecule has 0 aliphatic rings. The second-order valence-electron chi connectivity index (χ2n) is 7.40. The molecule has 0 unspecified atom stereocenters. The molecule has 0 aliphatic heterocycles. The van der Waals surface area contributed by atoms with Crippen LogP contribution in [0, 0.1) is 0 Å². The van der Waals surface area contributed by atoms with Gasteiger partial charge in [0.1, 0.15) is 0 Å². The molecule has 0 spiro atoms. The number of esters is 1. The fraction of sp³-hybridized carbons (Fsp3) is 0.348. The number of carbonyl (C=O) groups excluding carboxylic acids is 2. The summed E-state index contributed by atoms with van der Waals surface area (Å²) in [6, 6.07) is 17.5. The lowest BCUT2D eigenvalue weighted by Gasteiger charge is -2.27. The maximum atomic E-state index is 13.1. The summed E-state index contributed by atoms with van der Waals surface area (Å²) < 4.78 is 6.52. The van der Waals surface area contributed by atoms with E-state index in [0.717, 1.165) is 27.2 Å². The summed E-state index contributed by atoms with van der Waals surface area (Å²) in [6.07, 6.45) is 1.22. The molecule has 0 radical (unpaired) electrons. The van der Waals surface area contributed by atoms with Crippen LogP contribution in [0.5, 0.6) is 0 Å². The summed E-state index contributed by atoms with van der Waals surface area (Å²) in [7, 11) is 0. The fourth-order valence-electron chi connectivity index (χ4n) is 3.11. The summed E-state index contributed by atoms with van der Waals surface area (Å²) in [5, 5.41) is 3.68. The first kappa shape index (κ1) is 21.0. The highest BCUT2D eigenvalue weighted by atomic mass is 32.1. The van der Waals surface area contributed by atoms with Gasteiger partial charge in [-0.1, -0.05) is 49.4 Å². The van der Waals surface area contributed by atoms with Crippen molar-refractivity contribution in [3.05, 3.63) is 65.2 Å². The van der Waals surface area contributed by atoms with Crippen LogP contribution in [0.3, 0.4) is 0 Å². The van der Waals surface area contributed by atoms with Crippen molar-refractivity contribution >= 4 is 33.4 Å². The minimum atomic E-state index is -0.939. The number of nitrogens with one attached hydrogen (secondary N) is 1. The molecule has 1 heterocycles. The molecule has 0 saturated heterocycles. The Labute approximate surface area is 175 Å². The molecule has 6 heteroatoms. The molecule has 2 aromatic carbocycles. The number of nitrogens with zero attached hydrogens (tertiary/aromatic N) is 1. The number of aromatic nitrogens is 1. The normalized spacial score (nSPS) is 14.2. The maximum Gasteiger partial charge on any atom is 0.317 e. The van der Waals surface area contributed by atoms with Crippen molar-refractivity contribution in [2.24, 2.45) is 0 Å². The molecule has 0 aliphatic carbocycles. The Kier molecular flexibility index (Phi) is 6.64. The Hall–Kier alpha value is -2.73. The van der Waals surface area contributed by atoms with Crippen LogP contribution in [0.4, 0.5) is 0 Å². The Morgan fingerprint density at radius 3 is 2.52 bits per heavy atom. The Bertz CT molecular complexity index is 953. The summed E-state index contributed by atoms with van der Waals surface area (Å²) in [5.41, 5.74) is 0.821. The minimum absolute atomic E-state index is 0.0458. The van der Waals surface area contributed by atoms with E-state index >= 15 is 0 Å². The van der Waals surface area contributed by atoms with E-state index in [-0.39, 0.29) is 18.6 Å². The second-order valence-corrected chi connectivity index (χ2v) is 8.52. The van der Waals surface area contributed by atoms with Crippen molar-refractivity contribution in [1.29, 1.82) is 0 Å². The molecule has 1 aromatic heterocycles. The van der Waals surface area contributed by atoms with Crippen LogP contribution in [0.25, 0.3) is 10.2 Å². The van der Waals surface area contributed by atoms with Crippen molar-refractivity contribution in [2.45, 2.75) is 45.1 Å². The number of benzene rings is 2. The summed E-state index contributed by atoms with van der Waals surface area (Å²) in [6.45, 7) is 5.47. The number of amides is 1. The summed E-state index contributed by atoms with van der Waals surface area (Å²) in [5.74, 6) is -0.717. The van der Waals surface area contributed by atoms with Gasteiger partial charge in [-0.25, -0.2) is 4.98 Å². The van der Waals surface area contributed by atoms with Gasteiger partial charge in [0.15, 0.2) is 6.61 Å². The van der Waals surface area contributed by atoms with Gasteiger partial charge in [-0.2, -0.15) is 0 Å². The van der Waals surface area contributed by atoms with Crippen LogP contribution in [0.15, 0.2) is 54.6 Å². The predicted octanol–water partition coefficient (Wildman–Crippen LogP) is 4.25. The molecule has 29 heavy (non-hydrogen) atoms. The average molecular weight is 411 g/mol. The van der Waals surface area contributed by atoms with Crippen molar-refractivity contribution < 1.29 is 14.3 Å². The zero-order chi connectivity index (χ0) is 20.9. The number of ether oxygens (including phenoxy) is 1. The van der Waals surface area contributed by atoms with Gasteiger partial charge >= 0.3 is 5.97 Å². The second kappa shape index (κ2) is 9.18. The summed E-state index contributed by atoms with van der Waals surface area (Å²) in [4.78, 5) is 29.9. The monoisotopic (exact) mass is 410 g/mol. The Morgan fingerprint density at radius 2 is 1.83 bits per heavy atom. The highest BCUT2D eigenvalue weighted by molar-refractivity contribution is 7.18. The average Bonchev–Trinajstić information content (AvgIpc) is 3.14. The van der Waals surface area contributed by atoms with Crippen LogP contribution in [0.1, 0.15) is 37.8 Å². The first-order valence-electron chi connectivity index (χ1n) is 9.79. The van der Waals surface area contributed by atoms with Gasteiger partial charge in [0.2, 0.25) is 0 Å². The number of rotatable bonds is 8. The van der Waals surface area contributed by atoms with Crippen molar-refractivity contribution in [3.8, 4) is 0 Å². The highest BCUT2D eigenvalue weighted by Gasteiger charge is 2.38. The molecular formula is C23H26N2O3S. The first-order valence-corrected chi connectivity index (χ1v) is 10.6. The van der Waals surface area contributed by atoms with E-state index in [4.69, 9.17) is 4.74 Å². The molecule has 5 nitrogen and oxygen atoms in total. The predicted molar refractivity (Wildman–Crippen MR) is 116 cm³/mol. The lowest BCUT2D eigenvalue weighted by atomic mass is 9.79. The Balaban J connectivity index is 1.82. The topological polar surface area (TPSA) is 68.3 Å². The van der Waals surface area contributed by atoms with E-state index in [1.807, 2.05) is 75.4 Å². The van der Waals surface area contributed by atoms with Crippen molar-refractivity contribution in [2.75, 3.05) is 6.61 Å². The number of thiazole rings is 1. The number of para-hydroxylation sites is 1. The van der Waals surface area contributed by atoms with Crippen LogP contribution in [0.2, 0.25) is 0 Å². The largest absolute Gasteiger partial charge is 0.455 e. The number of hydrogen-bond acceptors (Lipinski definition) is 5. The zero-order valence-corrected chi connectivity index (χ0v) is 17.8. The van der Waals surface area contributed by atoms with Crippen LogP contribution >= 0.6 is 11.3 Å². The van der Waals surface area contributed by atoms with E-state index in [1.165, 1.54) is 0 Å². The zero-order valence-electron chi connectivity index (χ0n) is 17.0. The molecule has 3 rings (SSSR count). The SMILES string of the molecule is CC[C@@H](C)NC(=O)COC(=O)[C@@](C)(Cc1nc2ccccc2s1)c1ccccc1. The smallest absolute Gasteiger partial charge is 0.317 e. The van der Waals surface area contributed by atoms with Gasteiger partial charge in [0.25, 0.3) is 5.91 Å². The molecule has 1 amide bonds. The van der Waals surface area contributed by atoms with Gasteiger partial charge in [0, 0.05) is 12.5 Å². The van der Waals surface area contributed by atoms with E-state index in [9.17, 15) is 9.59 Å². The van der Waals surface area contributed by atoms with E-state index in [1.54, 1.807) is 11.3 Å². The first-order chi connectivity index (χ1) is 13.9. The molecule has 0 fully saturated rings. The standard InChI is InChI=1S/C23H26N2O3S/c1-4-16(2)24-20(26)15-28-22(27)23(3,17-10-6-5-7-11-17)14-21-25-18-12-8-9-13-19(18)29-21/h5-13,16H,4,14-15H2,1-3H3,(H,24,26)/t16-,23+/m1/s1. The molecule has 2 atom stereocenters. The molecule has 3 aromatic rings. The lowest BCUT2D eigenvalue weighted by molar-refractivity contribution is -0.154. The quantitative estimate of drug-likeness (QED) is 0.564. The van der Waals surface area contributed by atoms with Crippen LogP contribution in [-0.2, 0) is 26.2 Å². The third-order valence-corrected chi connectivity index (χ3v) is 6.09. The van der Waals surface area contributed by atoms with Gasteiger partial charge in [-0.05, 0) is 38.0 Å². The third kappa shape index (κ3) is 5.01. The van der Waals surface area contributed by atoms with Crippen molar-refractivity contribution in [3.63, 3.8) is 0 Å². The van der Waals surface area contributed by atoms with Crippen molar-refractivity contribution in [1.82, 2.24) is 10.3 Å². The van der Waals surface area contributed by atoms with E-state index in [0.29, 0.717) is 6.42 Å². The molecule has 152 valence electrons. The number of hydrogen-bond donors (Lipinski definition) is 1. The van der Waals surface area contributed by atoms with Gasteiger partial charge in [0.05, 0.1) is 20.6 Å². The third-order valence-electron chi connectivity index (χ3n) is 5.06. The highest BCUT2D eigenvalue weighted by Crippen LogP contribution is 2.33. The molecule has 0 bridgehead atoms. The van der Waals surface area contributed by atoms with E-state index in [2.05, 4.69) is 10.3 Å². The van der Waals surface area contributed by atoms with E-state index < -0.39 is 11.4 Å². The molecular weight excluding hydrogens is 384 g/mol.